The van der Waals surface area contributed by atoms with Gasteiger partial charge >= 0.3 is 0 Å². The van der Waals surface area contributed by atoms with Crippen LogP contribution in [0, 0.1) is 29.1 Å². The SMILES string of the molecule is C=C1CCC2C(C(C)CC(O)C2(C)C)C1CC/C(C)=C/C(=O)N1CCC(N(C)C)CC1. The molecule has 1 N–H and O–H groups in total. The number of aliphatic hydroxyl groups excluding tert-OH is 1. The molecule has 3 rings (SSSR count). The number of hydrogen-bond acceptors (Lipinski definition) is 3. The number of carbonyl (C=O) groups is 1. The predicted molar refractivity (Wildman–Crippen MR) is 129 cm³/mol. The Hall–Kier alpha value is -1.13. The van der Waals surface area contributed by atoms with E-state index in [2.05, 4.69) is 53.3 Å². The zero-order valence-electron chi connectivity index (χ0n) is 20.9. The second kappa shape index (κ2) is 9.79. The molecule has 2 saturated carbocycles. The minimum absolute atomic E-state index is 0.0182. The summed E-state index contributed by atoms with van der Waals surface area (Å²) in [5.41, 5.74) is 2.57. The highest BCUT2D eigenvalue weighted by atomic mass is 16.3. The average molecular weight is 431 g/mol. The summed E-state index contributed by atoms with van der Waals surface area (Å²) in [5.74, 6) is 2.39. The summed E-state index contributed by atoms with van der Waals surface area (Å²) in [7, 11) is 4.26. The summed E-state index contributed by atoms with van der Waals surface area (Å²) < 4.78 is 0. The van der Waals surface area contributed by atoms with E-state index in [0.717, 1.165) is 58.0 Å². The van der Waals surface area contributed by atoms with E-state index in [4.69, 9.17) is 0 Å². The molecule has 0 aromatic heterocycles. The van der Waals surface area contributed by atoms with Crippen molar-refractivity contribution >= 4 is 5.91 Å². The maximum Gasteiger partial charge on any atom is 0.246 e. The van der Waals surface area contributed by atoms with E-state index in [9.17, 15) is 9.90 Å². The van der Waals surface area contributed by atoms with Gasteiger partial charge in [-0.3, -0.25) is 4.79 Å². The second-order valence-corrected chi connectivity index (χ2v) is 11.6. The minimum atomic E-state index is -0.202. The third-order valence-electron chi connectivity index (χ3n) is 9.02. The summed E-state index contributed by atoms with van der Waals surface area (Å²) >= 11 is 0. The van der Waals surface area contributed by atoms with Crippen LogP contribution in [-0.2, 0) is 4.79 Å². The van der Waals surface area contributed by atoms with Gasteiger partial charge in [-0.25, -0.2) is 0 Å². The molecule has 5 atom stereocenters. The van der Waals surface area contributed by atoms with Gasteiger partial charge in [0.15, 0.2) is 0 Å². The van der Waals surface area contributed by atoms with Crippen molar-refractivity contribution in [2.45, 2.75) is 84.8 Å². The van der Waals surface area contributed by atoms with Crippen LogP contribution < -0.4 is 0 Å². The van der Waals surface area contributed by atoms with Gasteiger partial charge in [-0.2, -0.15) is 0 Å². The van der Waals surface area contributed by atoms with E-state index in [1.54, 1.807) is 0 Å². The molecule has 4 heteroatoms. The Labute approximate surface area is 190 Å². The van der Waals surface area contributed by atoms with Crippen LogP contribution in [-0.4, -0.2) is 60.1 Å². The highest BCUT2D eigenvalue weighted by molar-refractivity contribution is 5.88. The first-order valence-electron chi connectivity index (χ1n) is 12.5. The van der Waals surface area contributed by atoms with Crippen molar-refractivity contribution in [2.75, 3.05) is 27.2 Å². The van der Waals surface area contributed by atoms with Crippen molar-refractivity contribution in [3.8, 4) is 0 Å². The predicted octanol–water partition coefficient (Wildman–Crippen LogP) is 4.89. The number of fused-ring (bicyclic) bond motifs is 1. The maximum atomic E-state index is 12.8. The number of carbonyl (C=O) groups excluding carboxylic acids is 1. The molecule has 4 nitrogen and oxygen atoms in total. The lowest BCUT2D eigenvalue weighted by molar-refractivity contribution is -0.127. The topological polar surface area (TPSA) is 43.8 Å². The van der Waals surface area contributed by atoms with Gasteiger partial charge in [-0.15, -0.1) is 0 Å². The summed E-state index contributed by atoms with van der Waals surface area (Å²) in [6, 6.07) is 0.597. The number of hydrogen-bond donors (Lipinski definition) is 1. The Bertz CT molecular complexity index is 687. The number of aliphatic hydroxyl groups is 1. The molecule has 3 aliphatic rings. The molecular weight excluding hydrogens is 384 g/mol. The fourth-order valence-corrected chi connectivity index (χ4v) is 6.75. The van der Waals surface area contributed by atoms with E-state index in [0.29, 0.717) is 29.7 Å². The van der Waals surface area contributed by atoms with Crippen molar-refractivity contribution in [3.63, 3.8) is 0 Å². The summed E-state index contributed by atoms with van der Waals surface area (Å²) in [6.07, 6.45) is 8.99. The number of nitrogens with zero attached hydrogens (tertiary/aromatic N) is 2. The number of amides is 1. The average Bonchev–Trinajstić information content (AvgIpc) is 2.71. The van der Waals surface area contributed by atoms with Crippen LogP contribution in [0.4, 0.5) is 0 Å². The molecule has 0 bridgehead atoms. The van der Waals surface area contributed by atoms with Crippen molar-refractivity contribution in [3.05, 3.63) is 23.8 Å². The summed E-state index contributed by atoms with van der Waals surface area (Å²) in [6.45, 7) is 15.2. The Balaban J connectivity index is 1.60. The van der Waals surface area contributed by atoms with Crippen LogP contribution in [0.15, 0.2) is 23.8 Å². The van der Waals surface area contributed by atoms with E-state index >= 15 is 0 Å². The minimum Gasteiger partial charge on any atom is -0.393 e. The second-order valence-electron chi connectivity index (χ2n) is 11.6. The highest BCUT2D eigenvalue weighted by Crippen LogP contribution is 2.56. The van der Waals surface area contributed by atoms with Gasteiger partial charge in [0.25, 0.3) is 0 Å². The quantitative estimate of drug-likeness (QED) is 0.499. The number of piperidine rings is 1. The van der Waals surface area contributed by atoms with E-state index < -0.39 is 0 Å². The Morgan fingerprint density at radius 3 is 2.52 bits per heavy atom. The lowest BCUT2D eigenvalue weighted by Crippen LogP contribution is -2.52. The molecule has 5 unspecified atom stereocenters. The molecule has 31 heavy (non-hydrogen) atoms. The molecule has 1 heterocycles. The number of allylic oxidation sites excluding steroid dienone is 2. The molecule has 1 saturated heterocycles. The Morgan fingerprint density at radius 2 is 1.90 bits per heavy atom. The van der Waals surface area contributed by atoms with Gasteiger partial charge in [-0.05, 0) is 95.1 Å². The van der Waals surface area contributed by atoms with Gasteiger partial charge in [0, 0.05) is 25.2 Å². The Kier molecular flexibility index (Phi) is 7.74. The molecule has 0 spiro atoms. The smallest absolute Gasteiger partial charge is 0.246 e. The highest BCUT2D eigenvalue weighted by Gasteiger charge is 2.51. The first-order chi connectivity index (χ1) is 14.5. The molecule has 1 aliphatic heterocycles. The van der Waals surface area contributed by atoms with Crippen LogP contribution in [0.25, 0.3) is 0 Å². The fourth-order valence-electron chi connectivity index (χ4n) is 6.75. The molecule has 3 fully saturated rings. The fraction of sp³-hybridized carbons (Fsp3) is 0.815. The molecule has 1 amide bonds. The normalized spacial score (nSPS) is 34.7. The van der Waals surface area contributed by atoms with Crippen molar-refractivity contribution < 1.29 is 9.90 Å². The number of rotatable bonds is 5. The molecule has 0 aromatic rings. The third-order valence-corrected chi connectivity index (χ3v) is 9.02. The zero-order valence-corrected chi connectivity index (χ0v) is 20.9. The molecule has 0 aromatic carbocycles. The largest absolute Gasteiger partial charge is 0.393 e. The molecule has 176 valence electrons. The van der Waals surface area contributed by atoms with Crippen molar-refractivity contribution in [2.24, 2.45) is 29.1 Å². The molecule has 0 radical (unpaired) electrons. The van der Waals surface area contributed by atoms with Crippen LogP contribution in [0.1, 0.15) is 72.6 Å². The third kappa shape index (κ3) is 5.27. The van der Waals surface area contributed by atoms with Crippen LogP contribution in [0.3, 0.4) is 0 Å². The van der Waals surface area contributed by atoms with Gasteiger partial charge in [0.1, 0.15) is 0 Å². The summed E-state index contributed by atoms with van der Waals surface area (Å²) in [5, 5.41) is 10.7. The lowest BCUT2D eigenvalue weighted by atomic mass is 9.50. The number of likely N-dealkylation sites (tertiary alicyclic amines) is 1. The van der Waals surface area contributed by atoms with E-state index in [-0.39, 0.29) is 17.4 Å². The molecule has 2 aliphatic carbocycles. The van der Waals surface area contributed by atoms with Crippen LogP contribution in [0.2, 0.25) is 0 Å². The van der Waals surface area contributed by atoms with Gasteiger partial charge in [0.05, 0.1) is 6.10 Å². The van der Waals surface area contributed by atoms with Gasteiger partial charge < -0.3 is 14.9 Å². The van der Waals surface area contributed by atoms with Gasteiger partial charge in [0.2, 0.25) is 5.91 Å². The van der Waals surface area contributed by atoms with Crippen molar-refractivity contribution in [1.29, 1.82) is 0 Å². The molecular formula is C27H46N2O2. The lowest BCUT2D eigenvalue weighted by Gasteiger charge is -2.55. The van der Waals surface area contributed by atoms with E-state index in [1.807, 2.05) is 11.0 Å². The van der Waals surface area contributed by atoms with Crippen LogP contribution in [0.5, 0.6) is 0 Å². The first-order valence-corrected chi connectivity index (χ1v) is 12.5. The zero-order chi connectivity index (χ0) is 22.9. The van der Waals surface area contributed by atoms with E-state index in [1.165, 1.54) is 11.1 Å². The summed E-state index contributed by atoms with van der Waals surface area (Å²) in [4.78, 5) is 17.1. The van der Waals surface area contributed by atoms with Crippen molar-refractivity contribution in [1.82, 2.24) is 9.80 Å². The Morgan fingerprint density at radius 1 is 1.26 bits per heavy atom. The maximum absolute atomic E-state index is 12.8. The monoisotopic (exact) mass is 430 g/mol. The standard InChI is InChI=1S/C27H46N2O2/c1-18(16-25(31)29-14-12-21(13-15-29)28(6)7)8-10-22-19(2)9-11-23-26(22)20(3)17-24(30)27(23,4)5/h16,20-24,26,30H,2,8-15,17H2,1,3-7H3/b18-16+. The van der Waals surface area contributed by atoms with Crippen LogP contribution >= 0.6 is 0 Å². The first kappa shape index (κ1) is 24.5. The van der Waals surface area contributed by atoms with Gasteiger partial charge in [-0.1, -0.05) is 38.5 Å².